The van der Waals surface area contributed by atoms with Gasteiger partial charge in [0.05, 0.1) is 6.21 Å². The highest BCUT2D eigenvalue weighted by Crippen LogP contribution is 2.31. The van der Waals surface area contributed by atoms with Crippen LogP contribution >= 0.6 is 11.9 Å². The van der Waals surface area contributed by atoms with Gasteiger partial charge in [0.2, 0.25) is 6.79 Å². The van der Waals surface area contributed by atoms with Crippen molar-refractivity contribution < 1.29 is 14.3 Å². The number of carbonyl (C=O) groups excluding carboxylic acids is 1. The van der Waals surface area contributed by atoms with Crippen LogP contribution < -0.4 is 19.6 Å². The Morgan fingerprint density at radius 3 is 2.78 bits per heavy atom. The van der Waals surface area contributed by atoms with Gasteiger partial charge in [-0.3, -0.25) is 4.72 Å². The van der Waals surface area contributed by atoms with Gasteiger partial charge in [-0.2, -0.15) is 5.10 Å². The maximum absolute atomic E-state index is 11.7. The molecule has 1 aliphatic rings. The number of hydrazone groups is 1. The predicted molar refractivity (Wildman–Crippen MR) is 88.9 cm³/mol. The lowest BCUT2D eigenvalue weighted by atomic mass is 10.2. The highest BCUT2D eigenvalue weighted by atomic mass is 32.2. The molecule has 0 saturated carbocycles. The van der Waals surface area contributed by atoms with Crippen LogP contribution in [0.1, 0.15) is 11.1 Å². The van der Waals surface area contributed by atoms with E-state index in [-0.39, 0.29) is 6.79 Å². The summed E-state index contributed by atoms with van der Waals surface area (Å²) in [7, 11) is 0. The molecule has 2 aromatic rings. The molecule has 0 aliphatic carbocycles. The number of hydrogen-bond acceptors (Lipinski definition) is 5. The van der Waals surface area contributed by atoms with Gasteiger partial charge in [0, 0.05) is 4.90 Å². The molecule has 0 fully saturated rings. The van der Waals surface area contributed by atoms with E-state index in [1.165, 1.54) is 23.7 Å². The largest absolute Gasteiger partial charge is 0.454 e. The number of benzene rings is 2. The van der Waals surface area contributed by atoms with Gasteiger partial charge in [-0.15, -0.1) is 0 Å². The van der Waals surface area contributed by atoms with Crippen molar-refractivity contribution in [1.29, 1.82) is 0 Å². The van der Waals surface area contributed by atoms with Crippen molar-refractivity contribution in [3.63, 3.8) is 0 Å². The molecule has 23 heavy (non-hydrogen) atoms. The van der Waals surface area contributed by atoms with Gasteiger partial charge in [0.25, 0.3) is 0 Å². The molecule has 7 heteroatoms. The second kappa shape index (κ2) is 7.06. The fourth-order valence-corrected chi connectivity index (χ4v) is 2.42. The summed E-state index contributed by atoms with van der Waals surface area (Å²) in [4.78, 5) is 12.6. The first kappa shape index (κ1) is 15.2. The quantitative estimate of drug-likeness (QED) is 0.514. The van der Waals surface area contributed by atoms with Crippen LogP contribution in [0.25, 0.3) is 0 Å². The maximum Gasteiger partial charge on any atom is 0.345 e. The number of hydrogen-bond donors (Lipinski definition) is 2. The van der Waals surface area contributed by atoms with E-state index in [0.717, 1.165) is 10.5 Å². The molecular weight excluding hydrogens is 314 g/mol. The molecule has 0 spiro atoms. The summed E-state index contributed by atoms with van der Waals surface area (Å²) in [5, 5.41) is 3.90. The Morgan fingerprint density at radius 2 is 1.96 bits per heavy atom. The number of nitrogens with zero attached hydrogens (tertiary/aromatic N) is 1. The van der Waals surface area contributed by atoms with E-state index in [1.807, 2.05) is 37.3 Å². The molecule has 1 heterocycles. The summed E-state index contributed by atoms with van der Waals surface area (Å²) in [5.41, 5.74) is 4.39. The molecule has 2 amide bonds. The molecule has 0 aromatic heterocycles. The minimum absolute atomic E-state index is 0.229. The molecule has 0 radical (unpaired) electrons. The summed E-state index contributed by atoms with van der Waals surface area (Å²) in [6.07, 6.45) is 1.54. The second-order valence-electron chi connectivity index (χ2n) is 4.83. The number of aryl methyl sites for hydroxylation is 1. The average molecular weight is 329 g/mol. The fourth-order valence-electron chi connectivity index (χ4n) is 1.89. The third-order valence-electron chi connectivity index (χ3n) is 3.06. The molecule has 1 aliphatic heterocycles. The molecule has 0 bridgehead atoms. The Hall–Kier alpha value is -2.67. The maximum atomic E-state index is 11.7. The lowest BCUT2D eigenvalue weighted by molar-refractivity contribution is 0.174. The number of amides is 2. The van der Waals surface area contributed by atoms with Crippen molar-refractivity contribution in [3.8, 4) is 11.5 Å². The van der Waals surface area contributed by atoms with Crippen LogP contribution in [-0.2, 0) is 0 Å². The van der Waals surface area contributed by atoms with Crippen molar-refractivity contribution in [2.45, 2.75) is 11.8 Å². The molecule has 118 valence electrons. The van der Waals surface area contributed by atoms with E-state index in [2.05, 4.69) is 15.2 Å². The molecule has 2 N–H and O–H groups in total. The van der Waals surface area contributed by atoms with Crippen LogP contribution in [0.15, 0.2) is 52.5 Å². The SMILES string of the molecule is Cc1ccc(SNC(=O)N/N=C/c2ccc3c(c2)OCO3)cc1. The smallest absolute Gasteiger partial charge is 0.345 e. The van der Waals surface area contributed by atoms with E-state index >= 15 is 0 Å². The Kier molecular flexibility index (Phi) is 4.68. The zero-order valence-corrected chi connectivity index (χ0v) is 13.2. The van der Waals surface area contributed by atoms with Crippen LogP contribution in [-0.4, -0.2) is 19.0 Å². The molecule has 6 nitrogen and oxygen atoms in total. The molecule has 0 unspecified atom stereocenters. The van der Waals surface area contributed by atoms with Gasteiger partial charge < -0.3 is 9.47 Å². The summed E-state index contributed by atoms with van der Waals surface area (Å²) in [6, 6.07) is 12.9. The Labute approximate surface area is 138 Å². The van der Waals surface area contributed by atoms with Crippen molar-refractivity contribution in [2.75, 3.05) is 6.79 Å². The first-order chi connectivity index (χ1) is 11.2. The molecular formula is C16H15N3O3S. The Balaban J connectivity index is 1.47. The van der Waals surface area contributed by atoms with Gasteiger partial charge in [0.15, 0.2) is 11.5 Å². The summed E-state index contributed by atoms with van der Waals surface area (Å²) in [6.45, 7) is 2.24. The zero-order valence-electron chi connectivity index (χ0n) is 12.4. The van der Waals surface area contributed by atoms with Crippen LogP contribution in [0.4, 0.5) is 4.79 Å². The minimum atomic E-state index is -0.396. The number of urea groups is 1. The van der Waals surface area contributed by atoms with Crippen molar-refractivity contribution in [2.24, 2.45) is 5.10 Å². The fraction of sp³-hybridized carbons (Fsp3) is 0.125. The summed E-state index contributed by atoms with van der Waals surface area (Å²) >= 11 is 1.23. The topological polar surface area (TPSA) is 72.0 Å². The minimum Gasteiger partial charge on any atom is -0.454 e. The van der Waals surface area contributed by atoms with Crippen molar-refractivity contribution >= 4 is 24.2 Å². The second-order valence-corrected chi connectivity index (χ2v) is 5.71. The van der Waals surface area contributed by atoms with Gasteiger partial charge >= 0.3 is 6.03 Å². The van der Waals surface area contributed by atoms with Gasteiger partial charge in [0.1, 0.15) is 0 Å². The lowest BCUT2D eigenvalue weighted by Gasteiger charge is -2.03. The van der Waals surface area contributed by atoms with E-state index < -0.39 is 6.03 Å². The Morgan fingerprint density at radius 1 is 1.17 bits per heavy atom. The van der Waals surface area contributed by atoms with Crippen LogP contribution in [0.5, 0.6) is 11.5 Å². The third-order valence-corrected chi connectivity index (χ3v) is 3.85. The van der Waals surface area contributed by atoms with Crippen LogP contribution in [0.3, 0.4) is 0 Å². The Bertz CT molecular complexity index is 732. The van der Waals surface area contributed by atoms with E-state index in [9.17, 15) is 4.79 Å². The number of rotatable bonds is 4. The van der Waals surface area contributed by atoms with E-state index in [1.54, 1.807) is 12.1 Å². The highest BCUT2D eigenvalue weighted by Gasteiger charge is 2.12. The van der Waals surface area contributed by atoms with Gasteiger partial charge in [-0.25, -0.2) is 10.2 Å². The normalized spacial score (nSPS) is 12.4. The lowest BCUT2D eigenvalue weighted by Crippen LogP contribution is -2.27. The highest BCUT2D eigenvalue weighted by molar-refractivity contribution is 7.98. The van der Waals surface area contributed by atoms with Crippen LogP contribution in [0.2, 0.25) is 0 Å². The van der Waals surface area contributed by atoms with E-state index in [4.69, 9.17) is 9.47 Å². The molecule has 0 saturated heterocycles. The van der Waals surface area contributed by atoms with Crippen LogP contribution in [0, 0.1) is 6.92 Å². The van der Waals surface area contributed by atoms with E-state index in [0.29, 0.717) is 11.5 Å². The van der Waals surface area contributed by atoms with Crippen molar-refractivity contribution in [3.05, 3.63) is 53.6 Å². The molecule has 3 rings (SSSR count). The zero-order chi connectivity index (χ0) is 16.1. The number of carbonyl (C=O) groups is 1. The third kappa shape index (κ3) is 4.17. The molecule has 0 atom stereocenters. The van der Waals surface area contributed by atoms with Gasteiger partial charge in [-0.1, -0.05) is 17.7 Å². The molecule has 2 aromatic carbocycles. The first-order valence-electron chi connectivity index (χ1n) is 6.93. The first-order valence-corrected chi connectivity index (χ1v) is 7.74. The monoisotopic (exact) mass is 329 g/mol. The van der Waals surface area contributed by atoms with Gasteiger partial charge in [-0.05, 0) is 54.8 Å². The number of fused-ring (bicyclic) bond motifs is 1. The number of ether oxygens (including phenoxy) is 2. The average Bonchev–Trinajstić information content (AvgIpc) is 3.02. The predicted octanol–water partition coefficient (Wildman–Crippen LogP) is 3.06. The summed E-state index contributed by atoms with van der Waals surface area (Å²) < 4.78 is 13.2. The standard InChI is InChI=1S/C16H15N3O3S/c1-11-2-5-13(6-3-11)23-19-16(20)18-17-9-12-4-7-14-15(8-12)22-10-21-14/h2-9H,10H2,1H3,(H2,18,19,20)/b17-9+. The van der Waals surface area contributed by atoms with Crippen molar-refractivity contribution in [1.82, 2.24) is 10.1 Å². The summed E-state index contributed by atoms with van der Waals surface area (Å²) in [5.74, 6) is 1.38. The number of nitrogens with one attached hydrogen (secondary N) is 2.